The van der Waals surface area contributed by atoms with E-state index in [-0.39, 0.29) is 0 Å². The monoisotopic (exact) mass is 426 g/mol. The van der Waals surface area contributed by atoms with Crippen LogP contribution in [0, 0.1) is 13.8 Å². The number of benzene rings is 2. The molecule has 1 fully saturated rings. The second-order valence-electron chi connectivity index (χ2n) is 7.87. The number of aryl methyl sites for hydroxylation is 2. The van der Waals surface area contributed by atoms with Crippen LogP contribution in [0.5, 0.6) is 0 Å². The molecule has 1 aliphatic rings. The Hall–Kier alpha value is -2.64. The summed E-state index contributed by atoms with van der Waals surface area (Å²) >= 11 is 0. The van der Waals surface area contributed by atoms with Crippen LogP contribution in [0.1, 0.15) is 36.0 Å². The molecule has 6 nitrogen and oxygen atoms in total. The Morgan fingerprint density at radius 2 is 1.73 bits per heavy atom. The molecule has 1 N–H and O–H groups in total. The van der Waals surface area contributed by atoms with Crippen LogP contribution in [0.4, 0.5) is 5.69 Å². The second kappa shape index (κ2) is 8.24. The van der Waals surface area contributed by atoms with Gasteiger partial charge in [0.1, 0.15) is 5.58 Å². The van der Waals surface area contributed by atoms with Gasteiger partial charge in [0.25, 0.3) is 0 Å². The molecule has 0 atom stereocenters. The van der Waals surface area contributed by atoms with Crippen molar-refractivity contribution in [1.29, 1.82) is 0 Å². The van der Waals surface area contributed by atoms with E-state index in [2.05, 4.69) is 5.32 Å². The van der Waals surface area contributed by atoms with E-state index in [1.54, 1.807) is 22.5 Å². The van der Waals surface area contributed by atoms with Gasteiger partial charge in [0.05, 0.1) is 4.90 Å². The van der Waals surface area contributed by atoms with Crippen molar-refractivity contribution in [3.8, 4) is 0 Å². The summed E-state index contributed by atoms with van der Waals surface area (Å²) in [5.74, 6) is 0. The number of anilines is 1. The van der Waals surface area contributed by atoms with E-state index in [0.29, 0.717) is 35.8 Å². The van der Waals surface area contributed by atoms with E-state index in [4.69, 9.17) is 4.42 Å². The van der Waals surface area contributed by atoms with Crippen molar-refractivity contribution >= 4 is 26.7 Å². The smallest absolute Gasteiger partial charge is 0.336 e. The van der Waals surface area contributed by atoms with Crippen LogP contribution in [0.2, 0.25) is 0 Å². The number of nitrogens with zero attached hydrogens (tertiary/aromatic N) is 1. The van der Waals surface area contributed by atoms with Gasteiger partial charge < -0.3 is 9.73 Å². The highest BCUT2D eigenvalue weighted by Gasteiger charge is 2.26. The van der Waals surface area contributed by atoms with Gasteiger partial charge in [-0.2, -0.15) is 4.31 Å². The van der Waals surface area contributed by atoms with Gasteiger partial charge in [0, 0.05) is 36.8 Å². The van der Waals surface area contributed by atoms with Crippen LogP contribution < -0.4 is 10.9 Å². The first-order valence-corrected chi connectivity index (χ1v) is 11.7. The highest BCUT2D eigenvalue weighted by atomic mass is 32.2. The number of nitrogens with one attached hydrogen (secondary N) is 1. The largest absolute Gasteiger partial charge is 0.423 e. The topological polar surface area (TPSA) is 79.6 Å². The molecule has 0 amide bonds. The van der Waals surface area contributed by atoms with Crippen molar-refractivity contribution in [2.24, 2.45) is 0 Å². The van der Waals surface area contributed by atoms with Crippen molar-refractivity contribution in [1.82, 2.24) is 4.31 Å². The summed E-state index contributed by atoms with van der Waals surface area (Å²) < 4.78 is 32.8. The molecule has 0 saturated carbocycles. The fourth-order valence-corrected chi connectivity index (χ4v) is 5.41. The SMILES string of the molecule is Cc1cc2oc(=O)cc(CNc3cccc(S(=O)(=O)N4CCCCC4)c3)c2cc1C. The van der Waals surface area contributed by atoms with Gasteiger partial charge in [-0.3, -0.25) is 0 Å². The minimum Gasteiger partial charge on any atom is -0.423 e. The van der Waals surface area contributed by atoms with Gasteiger partial charge >= 0.3 is 5.63 Å². The van der Waals surface area contributed by atoms with Crippen LogP contribution >= 0.6 is 0 Å². The molecular formula is C23H26N2O4S. The van der Waals surface area contributed by atoms with E-state index in [1.807, 2.05) is 32.0 Å². The third kappa shape index (κ3) is 4.13. The molecule has 0 unspecified atom stereocenters. The quantitative estimate of drug-likeness (QED) is 0.619. The average molecular weight is 427 g/mol. The van der Waals surface area contributed by atoms with Gasteiger partial charge in [-0.05, 0) is 73.7 Å². The Kier molecular flexibility index (Phi) is 5.66. The summed E-state index contributed by atoms with van der Waals surface area (Å²) in [6.45, 7) is 5.53. The van der Waals surface area contributed by atoms with Gasteiger partial charge in [0.2, 0.25) is 10.0 Å². The van der Waals surface area contributed by atoms with E-state index in [9.17, 15) is 13.2 Å². The lowest BCUT2D eigenvalue weighted by molar-refractivity contribution is 0.346. The Balaban J connectivity index is 1.60. The lowest BCUT2D eigenvalue weighted by Crippen LogP contribution is -2.35. The summed E-state index contributed by atoms with van der Waals surface area (Å²) in [5.41, 5.74) is 3.85. The highest BCUT2D eigenvalue weighted by molar-refractivity contribution is 7.89. The van der Waals surface area contributed by atoms with E-state index < -0.39 is 15.6 Å². The van der Waals surface area contributed by atoms with Crippen LogP contribution in [0.25, 0.3) is 11.0 Å². The summed E-state index contributed by atoms with van der Waals surface area (Å²) in [7, 11) is -3.49. The Morgan fingerprint density at radius 3 is 2.50 bits per heavy atom. The van der Waals surface area contributed by atoms with Gasteiger partial charge in [-0.25, -0.2) is 13.2 Å². The predicted octanol–water partition coefficient (Wildman–Crippen LogP) is 4.20. The molecule has 4 rings (SSSR count). The molecule has 1 saturated heterocycles. The Labute approximate surface area is 176 Å². The molecule has 1 aliphatic heterocycles. The fraction of sp³-hybridized carbons (Fsp3) is 0.348. The van der Waals surface area contributed by atoms with Crippen molar-refractivity contribution in [2.75, 3.05) is 18.4 Å². The van der Waals surface area contributed by atoms with Crippen molar-refractivity contribution < 1.29 is 12.8 Å². The first kappa shape index (κ1) is 20.6. The van der Waals surface area contributed by atoms with Crippen molar-refractivity contribution in [3.05, 3.63) is 69.6 Å². The van der Waals surface area contributed by atoms with E-state index in [1.165, 1.54) is 6.07 Å². The minimum atomic E-state index is -3.49. The molecule has 0 aliphatic carbocycles. The standard InChI is InChI=1S/C23H26N2O4S/c1-16-11-21-18(13-23(26)29-22(21)12-17(16)2)15-24-19-7-6-8-20(14-19)30(27,28)25-9-4-3-5-10-25/h6-8,11-14,24H,3-5,9-10,15H2,1-2H3. The van der Waals surface area contributed by atoms with Crippen molar-refractivity contribution in [3.63, 3.8) is 0 Å². The molecular weight excluding hydrogens is 400 g/mol. The summed E-state index contributed by atoms with van der Waals surface area (Å²) in [6.07, 6.45) is 2.88. The zero-order chi connectivity index (χ0) is 21.3. The molecule has 1 aromatic heterocycles. The van der Waals surface area contributed by atoms with E-state index in [0.717, 1.165) is 41.3 Å². The molecule has 0 bridgehead atoms. The molecule has 30 heavy (non-hydrogen) atoms. The molecule has 7 heteroatoms. The zero-order valence-corrected chi connectivity index (χ0v) is 18.1. The number of piperidine rings is 1. The first-order valence-electron chi connectivity index (χ1n) is 10.2. The third-order valence-electron chi connectivity index (χ3n) is 5.71. The van der Waals surface area contributed by atoms with Crippen molar-refractivity contribution in [2.45, 2.75) is 44.6 Å². The Bertz CT molecular complexity index is 1240. The van der Waals surface area contributed by atoms with Crippen LogP contribution in [-0.4, -0.2) is 25.8 Å². The van der Waals surface area contributed by atoms with Gasteiger partial charge in [-0.1, -0.05) is 12.5 Å². The number of hydrogen-bond donors (Lipinski definition) is 1. The second-order valence-corrected chi connectivity index (χ2v) is 9.81. The minimum absolute atomic E-state index is 0.290. The number of fused-ring (bicyclic) bond motifs is 1. The first-order chi connectivity index (χ1) is 14.3. The van der Waals surface area contributed by atoms with Crippen LogP contribution in [0.3, 0.4) is 0 Å². The number of sulfonamides is 1. The molecule has 2 aromatic carbocycles. The number of rotatable bonds is 5. The van der Waals surface area contributed by atoms with Gasteiger partial charge in [0.15, 0.2) is 0 Å². The lowest BCUT2D eigenvalue weighted by atomic mass is 10.0. The third-order valence-corrected chi connectivity index (χ3v) is 7.61. The maximum atomic E-state index is 12.9. The van der Waals surface area contributed by atoms with E-state index >= 15 is 0 Å². The van der Waals surface area contributed by atoms with Crippen LogP contribution in [-0.2, 0) is 16.6 Å². The predicted molar refractivity (Wildman–Crippen MR) is 118 cm³/mol. The molecule has 2 heterocycles. The lowest BCUT2D eigenvalue weighted by Gasteiger charge is -2.26. The maximum absolute atomic E-state index is 12.9. The molecule has 158 valence electrons. The Morgan fingerprint density at radius 1 is 1.00 bits per heavy atom. The summed E-state index contributed by atoms with van der Waals surface area (Å²) in [6, 6.07) is 12.2. The van der Waals surface area contributed by atoms with Gasteiger partial charge in [-0.15, -0.1) is 0 Å². The van der Waals surface area contributed by atoms with Crippen LogP contribution in [0.15, 0.2) is 56.6 Å². The fourth-order valence-electron chi connectivity index (χ4n) is 3.85. The maximum Gasteiger partial charge on any atom is 0.336 e. The highest BCUT2D eigenvalue weighted by Crippen LogP contribution is 2.25. The summed E-state index contributed by atoms with van der Waals surface area (Å²) in [5, 5.41) is 4.14. The molecule has 0 spiro atoms. The normalized spacial score (nSPS) is 15.4. The summed E-state index contributed by atoms with van der Waals surface area (Å²) in [4.78, 5) is 12.3. The number of hydrogen-bond acceptors (Lipinski definition) is 5. The molecule has 3 aromatic rings. The molecule has 0 radical (unpaired) electrons. The average Bonchev–Trinajstić information content (AvgIpc) is 2.74. The zero-order valence-electron chi connectivity index (χ0n) is 17.3.